The largest absolute Gasteiger partial charge is 0.438 e. The fourth-order valence-corrected chi connectivity index (χ4v) is 4.37. The molecule has 6 heteroatoms. The van der Waals surface area contributed by atoms with Gasteiger partial charge in [-0.25, -0.2) is 0 Å². The van der Waals surface area contributed by atoms with Crippen LogP contribution in [0.1, 0.15) is 17.5 Å². The van der Waals surface area contributed by atoms with E-state index in [1.807, 2.05) is 91.9 Å². The Morgan fingerprint density at radius 1 is 0.971 bits per heavy atom. The minimum absolute atomic E-state index is 0.0939. The summed E-state index contributed by atoms with van der Waals surface area (Å²) < 4.78 is 6.11. The van der Waals surface area contributed by atoms with E-state index >= 15 is 0 Å². The van der Waals surface area contributed by atoms with Crippen LogP contribution in [0.15, 0.2) is 89.3 Å². The van der Waals surface area contributed by atoms with Crippen molar-refractivity contribution in [3.8, 4) is 28.5 Å². The summed E-state index contributed by atoms with van der Waals surface area (Å²) in [6, 6.07) is 28.8. The van der Waals surface area contributed by atoms with E-state index in [0.717, 1.165) is 22.4 Å². The number of hydrogen-bond acceptors (Lipinski definition) is 4. The zero-order chi connectivity index (χ0) is 24.4. The van der Waals surface area contributed by atoms with Gasteiger partial charge in [-0.1, -0.05) is 78.4 Å². The molecule has 0 saturated carbocycles. The van der Waals surface area contributed by atoms with Gasteiger partial charge in [0.25, 0.3) is 0 Å². The van der Waals surface area contributed by atoms with E-state index in [1.165, 1.54) is 0 Å². The maximum absolute atomic E-state index is 13.2. The fourth-order valence-electron chi connectivity index (χ4n) is 4.37. The smallest absolute Gasteiger partial charge is 0.232 e. The number of benzene rings is 3. The summed E-state index contributed by atoms with van der Waals surface area (Å²) in [5.41, 5.74) is 4.35. The van der Waals surface area contributed by atoms with Crippen LogP contribution in [-0.2, 0) is 9.59 Å². The molecule has 1 N–H and O–H groups in total. The van der Waals surface area contributed by atoms with Gasteiger partial charge < -0.3 is 9.32 Å². The summed E-state index contributed by atoms with van der Waals surface area (Å²) in [4.78, 5) is 27.5. The van der Waals surface area contributed by atoms with Crippen molar-refractivity contribution in [2.24, 2.45) is 5.92 Å². The number of carbonyl (C=O) groups excluding carboxylic acids is 2. The Labute approximate surface area is 203 Å². The minimum Gasteiger partial charge on any atom is -0.438 e. The highest BCUT2D eigenvalue weighted by atomic mass is 16.4. The average molecular weight is 462 g/mol. The van der Waals surface area contributed by atoms with Gasteiger partial charge in [-0.3, -0.25) is 14.9 Å². The molecule has 2 heterocycles. The van der Waals surface area contributed by atoms with Gasteiger partial charge in [0.2, 0.25) is 17.7 Å². The van der Waals surface area contributed by atoms with Crippen molar-refractivity contribution in [2.45, 2.75) is 13.3 Å². The Morgan fingerprint density at radius 3 is 2.23 bits per heavy atom. The second-order valence-electron chi connectivity index (χ2n) is 8.58. The summed E-state index contributed by atoms with van der Waals surface area (Å²) in [6.45, 7) is 2.25. The van der Waals surface area contributed by atoms with E-state index in [2.05, 4.69) is 11.4 Å². The SMILES string of the molecule is Cc1ccc(N2CC(C(=O)Nc3oc(-c4ccccc4)c(-c4ccccc4)c3C#N)CC2=O)cc1. The highest BCUT2D eigenvalue weighted by molar-refractivity contribution is 6.04. The highest BCUT2D eigenvalue weighted by Crippen LogP contribution is 2.41. The molecule has 35 heavy (non-hydrogen) atoms. The minimum atomic E-state index is -0.555. The Hall–Kier alpha value is -4.63. The highest BCUT2D eigenvalue weighted by Gasteiger charge is 2.36. The van der Waals surface area contributed by atoms with Gasteiger partial charge in [0, 0.05) is 29.8 Å². The lowest BCUT2D eigenvalue weighted by molar-refractivity contribution is -0.122. The van der Waals surface area contributed by atoms with Crippen molar-refractivity contribution in [1.29, 1.82) is 5.26 Å². The van der Waals surface area contributed by atoms with Crippen LogP contribution in [-0.4, -0.2) is 18.4 Å². The van der Waals surface area contributed by atoms with Gasteiger partial charge in [0.1, 0.15) is 17.4 Å². The molecule has 172 valence electrons. The standard InChI is InChI=1S/C29H23N3O3/c1-19-12-14-23(15-13-19)32-18-22(16-25(32)33)28(34)31-29-24(17-30)26(20-8-4-2-5-9-20)27(35-29)21-10-6-3-7-11-21/h2-15,22H,16,18H2,1H3,(H,31,34). The quantitative estimate of drug-likeness (QED) is 0.408. The lowest BCUT2D eigenvalue weighted by atomic mass is 9.98. The molecule has 3 aromatic carbocycles. The average Bonchev–Trinajstić information content (AvgIpc) is 3.46. The lowest BCUT2D eigenvalue weighted by Crippen LogP contribution is -2.28. The number of anilines is 2. The molecule has 0 radical (unpaired) electrons. The number of nitrogens with one attached hydrogen (secondary N) is 1. The molecular formula is C29H23N3O3. The summed E-state index contributed by atoms with van der Waals surface area (Å²) in [5.74, 6) is -0.411. The lowest BCUT2D eigenvalue weighted by Gasteiger charge is -2.16. The molecule has 1 aliphatic heterocycles. The van der Waals surface area contributed by atoms with E-state index in [4.69, 9.17) is 4.42 Å². The summed E-state index contributed by atoms with van der Waals surface area (Å²) >= 11 is 0. The number of hydrogen-bond donors (Lipinski definition) is 1. The topological polar surface area (TPSA) is 86.3 Å². The molecule has 1 aliphatic rings. The molecule has 2 amide bonds. The molecule has 1 atom stereocenters. The molecular weight excluding hydrogens is 438 g/mol. The van der Waals surface area contributed by atoms with Gasteiger partial charge in [-0.15, -0.1) is 0 Å². The van der Waals surface area contributed by atoms with Crippen molar-refractivity contribution in [3.63, 3.8) is 0 Å². The maximum Gasteiger partial charge on any atom is 0.232 e. The number of carbonyl (C=O) groups is 2. The third kappa shape index (κ3) is 4.32. The van der Waals surface area contributed by atoms with Crippen LogP contribution in [0, 0.1) is 24.2 Å². The predicted octanol–water partition coefficient (Wildman–Crippen LogP) is 5.79. The second-order valence-corrected chi connectivity index (χ2v) is 8.58. The van der Waals surface area contributed by atoms with Crippen LogP contribution in [0.3, 0.4) is 0 Å². The molecule has 1 fully saturated rings. The van der Waals surface area contributed by atoms with E-state index in [-0.39, 0.29) is 36.2 Å². The maximum atomic E-state index is 13.2. The van der Waals surface area contributed by atoms with Gasteiger partial charge in [-0.2, -0.15) is 5.26 Å². The van der Waals surface area contributed by atoms with Crippen molar-refractivity contribution in [3.05, 3.63) is 96.1 Å². The number of rotatable bonds is 5. The van der Waals surface area contributed by atoms with E-state index in [1.54, 1.807) is 4.90 Å². The van der Waals surface area contributed by atoms with E-state index in [9.17, 15) is 14.9 Å². The first-order chi connectivity index (χ1) is 17.0. The van der Waals surface area contributed by atoms with E-state index < -0.39 is 5.92 Å². The van der Waals surface area contributed by atoms with Gasteiger partial charge in [0.05, 0.1) is 5.92 Å². The predicted molar refractivity (Wildman–Crippen MR) is 135 cm³/mol. The van der Waals surface area contributed by atoms with E-state index in [0.29, 0.717) is 11.3 Å². The number of amides is 2. The van der Waals surface area contributed by atoms with Gasteiger partial charge in [0.15, 0.2) is 0 Å². The third-order valence-corrected chi connectivity index (χ3v) is 6.20. The monoisotopic (exact) mass is 461 g/mol. The molecule has 1 saturated heterocycles. The van der Waals surface area contributed by atoms with Crippen molar-refractivity contribution < 1.29 is 14.0 Å². The zero-order valence-corrected chi connectivity index (χ0v) is 19.2. The zero-order valence-electron chi connectivity index (χ0n) is 19.2. The molecule has 0 aliphatic carbocycles. The van der Waals surface area contributed by atoms with Crippen LogP contribution >= 0.6 is 0 Å². The summed E-state index contributed by atoms with van der Waals surface area (Å²) in [5, 5.41) is 12.8. The van der Waals surface area contributed by atoms with Gasteiger partial charge >= 0.3 is 0 Å². The number of nitrogens with zero attached hydrogens (tertiary/aromatic N) is 2. The Kier molecular flexibility index (Phi) is 5.90. The second kappa shape index (κ2) is 9.32. The van der Waals surface area contributed by atoms with Crippen LogP contribution in [0.2, 0.25) is 0 Å². The molecule has 0 spiro atoms. The summed E-state index contributed by atoms with van der Waals surface area (Å²) in [6.07, 6.45) is 0.0966. The molecule has 6 nitrogen and oxygen atoms in total. The molecule has 0 bridgehead atoms. The Bertz CT molecular complexity index is 1420. The number of furan rings is 1. The van der Waals surface area contributed by atoms with Crippen molar-refractivity contribution in [1.82, 2.24) is 0 Å². The van der Waals surface area contributed by atoms with Crippen LogP contribution in [0.25, 0.3) is 22.5 Å². The summed E-state index contributed by atoms with van der Waals surface area (Å²) in [7, 11) is 0. The first-order valence-corrected chi connectivity index (χ1v) is 11.4. The Morgan fingerprint density at radius 2 is 1.60 bits per heavy atom. The fraction of sp³-hybridized carbons (Fsp3) is 0.138. The van der Waals surface area contributed by atoms with Gasteiger partial charge in [-0.05, 0) is 24.6 Å². The molecule has 1 aromatic heterocycles. The first-order valence-electron chi connectivity index (χ1n) is 11.4. The Balaban J connectivity index is 1.46. The molecule has 4 aromatic rings. The normalized spacial score (nSPS) is 15.1. The first kappa shape index (κ1) is 22.2. The van der Waals surface area contributed by atoms with Crippen LogP contribution < -0.4 is 10.2 Å². The molecule has 1 unspecified atom stereocenters. The molecule has 5 rings (SSSR count). The number of aryl methyl sites for hydroxylation is 1. The number of nitriles is 1. The van der Waals surface area contributed by atoms with Crippen LogP contribution in [0.5, 0.6) is 0 Å². The van der Waals surface area contributed by atoms with Crippen molar-refractivity contribution in [2.75, 3.05) is 16.8 Å². The third-order valence-electron chi connectivity index (χ3n) is 6.20. The van der Waals surface area contributed by atoms with Crippen LogP contribution in [0.4, 0.5) is 11.6 Å². The van der Waals surface area contributed by atoms with Crippen molar-refractivity contribution >= 4 is 23.4 Å².